The Morgan fingerprint density at radius 3 is 2.38 bits per heavy atom. The maximum Gasteiger partial charge on any atom is 0.573 e. The van der Waals surface area contributed by atoms with Gasteiger partial charge in [0, 0.05) is 11.9 Å². The number of halogens is 3. The summed E-state index contributed by atoms with van der Waals surface area (Å²) in [7, 11) is 0. The van der Waals surface area contributed by atoms with E-state index in [1.807, 2.05) is 37.3 Å². The molecule has 1 heterocycles. The molecule has 11 heteroatoms. The molecule has 7 nitrogen and oxygen atoms in total. The Bertz CT molecular complexity index is 1090. The maximum atomic E-state index is 12.3. The molecule has 1 unspecified atom stereocenters. The van der Waals surface area contributed by atoms with E-state index in [1.165, 1.54) is 23.5 Å². The Hall–Kier alpha value is -3.60. The number of carbonyl (C=O) groups excluding carboxylic acids is 2. The molecule has 3 rings (SSSR count). The lowest BCUT2D eigenvalue weighted by atomic mass is 10.0. The van der Waals surface area contributed by atoms with Crippen LogP contribution in [0.2, 0.25) is 0 Å². The van der Waals surface area contributed by atoms with E-state index in [0.717, 1.165) is 17.7 Å². The van der Waals surface area contributed by atoms with Gasteiger partial charge in [-0.05, 0) is 35.7 Å². The van der Waals surface area contributed by atoms with Gasteiger partial charge in [0.2, 0.25) is 0 Å². The minimum absolute atomic E-state index is 0.110. The third-order valence-electron chi connectivity index (χ3n) is 4.59. The molecule has 3 aromatic rings. The molecule has 0 spiro atoms. The van der Waals surface area contributed by atoms with E-state index in [2.05, 4.69) is 20.4 Å². The quantitative estimate of drug-likeness (QED) is 0.440. The molecule has 180 valence electrons. The molecule has 2 amide bonds. The minimum atomic E-state index is -4.78. The van der Waals surface area contributed by atoms with E-state index < -0.39 is 12.3 Å². The standard InChI is InChI=1S/C23H22F3N3O4S/c1-15(16-5-3-2-4-6-16)11-28-22(31)19-14-34-21(29-19)12-27-20(30)13-32-17-7-9-18(10-8-17)33-23(24,25)26/h2-10,14-15H,11-13H2,1H3,(H,27,30)(H,28,31). The maximum absolute atomic E-state index is 12.3. The third kappa shape index (κ3) is 8.07. The van der Waals surface area contributed by atoms with Gasteiger partial charge in [-0.1, -0.05) is 37.3 Å². The van der Waals surface area contributed by atoms with E-state index in [4.69, 9.17) is 4.74 Å². The van der Waals surface area contributed by atoms with Gasteiger partial charge in [0.15, 0.2) is 6.61 Å². The topological polar surface area (TPSA) is 89.6 Å². The lowest BCUT2D eigenvalue weighted by Gasteiger charge is -2.12. The number of benzene rings is 2. The molecule has 2 N–H and O–H groups in total. The number of aromatic nitrogens is 1. The fraction of sp³-hybridized carbons (Fsp3) is 0.261. The highest BCUT2D eigenvalue weighted by Crippen LogP contribution is 2.24. The summed E-state index contributed by atoms with van der Waals surface area (Å²) in [6.07, 6.45) is -4.78. The number of hydrogen-bond donors (Lipinski definition) is 2. The summed E-state index contributed by atoms with van der Waals surface area (Å²) in [4.78, 5) is 28.6. The molecular weight excluding hydrogens is 471 g/mol. The Morgan fingerprint density at radius 1 is 1.03 bits per heavy atom. The normalized spacial score (nSPS) is 12.0. The Morgan fingerprint density at radius 2 is 1.71 bits per heavy atom. The highest BCUT2D eigenvalue weighted by molar-refractivity contribution is 7.09. The summed E-state index contributed by atoms with van der Waals surface area (Å²) in [6.45, 7) is 2.26. The van der Waals surface area contributed by atoms with E-state index in [-0.39, 0.29) is 42.2 Å². The lowest BCUT2D eigenvalue weighted by molar-refractivity contribution is -0.274. The van der Waals surface area contributed by atoms with E-state index >= 15 is 0 Å². The molecular formula is C23H22F3N3O4S. The first-order valence-electron chi connectivity index (χ1n) is 10.2. The lowest BCUT2D eigenvalue weighted by Crippen LogP contribution is -2.29. The zero-order valence-corrected chi connectivity index (χ0v) is 18.9. The van der Waals surface area contributed by atoms with Crippen LogP contribution in [0, 0.1) is 0 Å². The fourth-order valence-corrected chi connectivity index (χ4v) is 3.56. The average molecular weight is 494 g/mol. The molecule has 0 saturated heterocycles. The fourth-order valence-electron chi connectivity index (χ4n) is 2.84. The molecule has 0 aliphatic rings. The van der Waals surface area contributed by atoms with Crippen LogP contribution < -0.4 is 20.1 Å². The van der Waals surface area contributed by atoms with Crippen molar-refractivity contribution in [1.29, 1.82) is 0 Å². The van der Waals surface area contributed by atoms with E-state index in [0.29, 0.717) is 11.6 Å². The number of carbonyl (C=O) groups is 2. The van der Waals surface area contributed by atoms with Gasteiger partial charge < -0.3 is 20.1 Å². The van der Waals surface area contributed by atoms with Crippen molar-refractivity contribution < 1.29 is 32.2 Å². The van der Waals surface area contributed by atoms with Crippen LogP contribution in [-0.2, 0) is 11.3 Å². The first-order chi connectivity index (χ1) is 16.2. The predicted molar refractivity (Wildman–Crippen MR) is 120 cm³/mol. The van der Waals surface area contributed by atoms with Crippen LogP contribution in [0.4, 0.5) is 13.2 Å². The number of rotatable bonds is 10. The molecule has 0 bridgehead atoms. The van der Waals surface area contributed by atoms with Gasteiger partial charge in [-0.3, -0.25) is 9.59 Å². The number of thiazole rings is 1. The van der Waals surface area contributed by atoms with Crippen LogP contribution in [0.3, 0.4) is 0 Å². The van der Waals surface area contributed by atoms with Gasteiger partial charge in [-0.2, -0.15) is 0 Å². The highest BCUT2D eigenvalue weighted by atomic mass is 32.1. The van der Waals surface area contributed by atoms with Gasteiger partial charge in [0.1, 0.15) is 22.2 Å². The second-order valence-corrected chi connectivity index (χ2v) is 8.18. The number of alkyl halides is 3. The Labute approximate surface area is 197 Å². The second kappa shape index (κ2) is 11.5. The van der Waals surface area contributed by atoms with Gasteiger partial charge in [-0.15, -0.1) is 24.5 Å². The summed E-state index contributed by atoms with van der Waals surface area (Å²) in [5.41, 5.74) is 1.39. The molecule has 0 aliphatic heterocycles. The average Bonchev–Trinajstić information content (AvgIpc) is 3.29. The van der Waals surface area contributed by atoms with Crippen LogP contribution in [0.1, 0.15) is 33.9 Å². The Kier molecular flexibility index (Phi) is 8.47. The second-order valence-electron chi connectivity index (χ2n) is 7.23. The molecule has 0 saturated carbocycles. The summed E-state index contributed by atoms with van der Waals surface area (Å²) in [6, 6.07) is 14.5. The van der Waals surface area contributed by atoms with Crippen molar-refractivity contribution in [2.75, 3.05) is 13.2 Å². The molecule has 1 atom stereocenters. The van der Waals surface area contributed by atoms with Gasteiger partial charge in [0.05, 0.1) is 6.54 Å². The van der Waals surface area contributed by atoms with Gasteiger partial charge in [-0.25, -0.2) is 4.98 Å². The number of nitrogens with zero attached hydrogens (tertiary/aromatic N) is 1. The van der Waals surface area contributed by atoms with Gasteiger partial charge >= 0.3 is 6.36 Å². The Balaban J connectivity index is 1.39. The van der Waals surface area contributed by atoms with Crippen LogP contribution in [0.25, 0.3) is 0 Å². The highest BCUT2D eigenvalue weighted by Gasteiger charge is 2.31. The third-order valence-corrected chi connectivity index (χ3v) is 5.43. The minimum Gasteiger partial charge on any atom is -0.484 e. The van der Waals surface area contributed by atoms with Crippen molar-refractivity contribution in [2.45, 2.75) is 25.7 Å². The smallest absolute Gasteiger partial charge is 0.484 e. The zero-order chi connectivity index (χ0) is 24.6. The van der Waals surface area contributed by atoms with E-state index in [9.17, 15) is 22.8 Å². The van der Waals surface area contributed by atoms with Crippen molar-refractivity contribution in [3.05, 3.63) is 76.2 Å². The number of hydrogen-bond acceptors (Lipinski definition) is 6. The van der Waals surface area contributed by atoms with Crippen molar-refractivity contribution >= 4 is 23.2 Å². The number of ether oxygens (including phenoxy) is 2. The summed E-state index contributed by atoms with van der Waals surface area (Å²) < 4.78 is 45.5. The molecule has 34 heavy (non-hydrogen) atoms. The SMILES string of the molecule is CC(CNC(=O)c1csc(CNC(=O)COc2ccc(OC(F)(F)F)cc2)n1)c1ccccc1. The first-order valence-corrected chi connectivity index (χ1v) is 11.1. The molecule has 1 aromatic heterocycles. The van der Waals surface area contributed by atoms with Crippen LogP contribution in [-0.4, -0.2) is 36.3 Å². The van der Waals surface area contributed by atoms with Crippen molar-refractivity contribution in [1.82, 2.24) is 15.6 Å². The first kappa shape index (κ1) is 25.0. The van der Waals surface area contributed by atoms with Crippen LogP contribution in [0.5, 0.6) is 11.5 Å². The molecule has 0 radical (unpaired) electrons. The van der Waals surface area contributed by atoms with Gasteiger partial charge in [0.25, 0.3) is 11.8 Å². The van der Waals surface area contributed by atoms with Crippen molar-refractivity contribution in [3.8, 4) is 11.5 Å². The molecule has 0 fully saturated rings. The van der Waals surface area contributed by atoms with Crippen molar-refractivity contribution in [3.63, 3.8) is 0 Å². The number of amides is 2. The largest absolute Gasteiger partial charge is 0.573 e. The predicted octanol–water partition coefficient (Wildman–Crippen LogP) is 4.27. The number of nitrogens with one attached hydrogen (secondary N) is 2. The van der Waals surface area contributed by atoms with Crippen molar-refractivity contribution in [2.24, 2.45) is 0 Å². The summed E-state index contributed by atoms with van der Waals surface area (Å²) in [5, 5.41) is 7.63. The zero-order valence-electron chi connectivity index (χ0n) is 18.1. The van der Waals surface area contributed by atoms with Crippen LogP contribution in [0.15, 0.2) is 60.0 Å². The van der Waals surface area contributed by atoms with Crippen LogP contribution >= 0.6 is 11.3 Å². The molecule has 2 aromatic carbocycles. The summed E-state index contributed by atoms with van der Waals surface area (Å²) in [5.74, 6) is -0.771. The summed E-state index contributed by atoms with van der Waals surface area (Å²) >= 11 is 1.24. The monoisotopic (exact) mass is 493 g/mol. The molecule has 0 aliphatic carbocycles. The van der Waals surface area contributed by atoms with E-state index in [1.54, 1.807) is 5.38 Å².